The highest BCUT2D eigenvalue weighted by molar-refractivity contribution is 7.89. The standard InChI is InChI=1S/C15H15ClN2O4S/c1-9-7-13(14(22-2)8-12(9)16)18-15(19)10-3-5-11(6-4-10)23(17,20)21/h3-8H,1-2H3,(H,18,19)(H2,17,20,21). The fourth-order valence-corrected chi connectivity index (χ4v) is 2.59. The van der Waals surface area contributed by atoms with Crippen LogP contribution in [0.15, 0.2) is 41.3 Å². The summed E-state index contributed by atoms with van der Waals surface area (Å²) in [7, 11) is -2.32. The van der Waals surface area contributed by atoms with E-state index in [2.05, 4.69) is 5.32 Å². The average Bonchev–Trinajstić information content (AvgIpc) is 2.50. The molecule has 0 heterocycles. The Kier molecular flexibility index (Phi) is 4.93. The van der Waals surface area contributed by atoms with Crippen molar-refractivity contribution in [1.82, 2.24) is 0 Å². The van der Waals surface area contributed by atoms with E-state index in [0.717, 1.165) is 5.56 Å². The molecule has 122 valence electrons. The summed E-state index contributed by atoms with van der Waals surface area (Å²) < 4.78 is 27.6. The lowest BCUT2D eigenvalue weighted by atomic mass is 10.1. The van der Waals surface area contributed by atoms with E-state index < -0.39 is 15.9 Å². The smallest absolute Gasteiger partial charge is 0.255 e. The molecule has 8 heteroatoms. The summed E-state index contributed by atoms with van der Waals surface area (Å²) in [6.45, 7) is 1.80. The zero-order chi connectivity index (χ0) is 17.2. The first-order valence-corrected chi connectivity index (χ1v) is 8.43. The number of ether oxygens (including phenoxy) is 1. The molecule has 0 radical (unpaired) electrons. The van der Waals surface area contributed by atoms with E-state index in [1.807, 2.05) is 0 Å². The lowest BCUT2D eigenvalue weighted by molar-refractivity contribution is 0.102. The quantitative estimate of drug-likeness (QED) is 0.881. The maximum Gasteiger partial charge on any atom is 0.255 e. The lowest BCUT2D eigenvalue weighted by Gasteiger charge is -2.12. The Hall–Kier alpha value is -2.09. The minimum atomic E-state index is -3.79. The summed E-state index contributed by atoms with van der Waals surface area (Å²) >= 11 is 6.02. The number of anilines is 1. The number of hydrogen-bond donors (Lipinski definition) is 2. The number of halogens is 1. The number of aryl methyl sites for hydroxylation is 1. The third-order valence-electron chi connectivity index (χ3n) is 3.17. The zero-order valence-corrected chi connectivity index (χ0v) is 14.0. The molecule has 2 rings (SSSR count). The molecule has 0 aliphatic carbocycles. The number of amides is 1. The van der Waals surface area contributed by atoms with Gasteiger partial charge in [-0.3, -0.25) is 4.79 Å². The molecule has 3 N–H and O–H groups in total. The normalized spacial score (nSPS) is 11.1. The Labute approximate surface area is 139 Å². The van der Waals surface area contributed by atoms with Crippen LogP contribution in [0.25, 0.3) is 0 Å². The van der Waals surface area contributed by atoms with E-state index in [0.29, 0.717) is 16.5 Å². The number of carbonyl (C=O) groups excluding carboxylic acids is 1. The van der Waals surface area contributed by atoms with Gasteiger partial charge in [0, 0.05) is 16.7 Å². The van der Waals surface area contributed by atoms with Crippen molar-refractivity contribution in [3.63, 3.8) is 0 Å². The maximum atomic E-state index is 12.3. The number of methoxy groups -OCH3 is 1. The van der Waals surface area contributed by atoms with Crippen LogP contribution in [0.4, 0.5) is 5.69 Å². The van der Waals surface area contributed by atoms with Crippen LogP contribution in [-0.2, 0) is 10.0 Å². The van der Waals surface area contributed by atoms with Gasteiger partial charge in [0.05, 0.1) is 17.7 Å². The number of nitrogens with two attached hydrogens (primary N) is 1. The second kappa shape index (κ2) is 6.57. The molecule has 0 fully saturated rings. The van der Waals surface area contributed by atoms with Crippen molar-refractivity contribution in [2.45, 2.75) is 11.8 Å². The van der Waals surface area contributed by atoms with E-state index >= 15 is 0 Å². The van der Waals surface area contributed by atoms with Crippen LogP contribution in [0.1, 0.15) is 15.9 Å². The Morgan fingerprint density at radius 3 is 2.35 bits per heavy atom. The number of rotatable bonds is 4. The fourth-order valence-electron chi connectivity index (χ4n) is 1.92. The molecule has 2 aromatic carbocycles. The van der Waals surface area contributed by atoms with Crippen LogP contribution in [0.3, 0.4) is 0 Å². The highest BCUT2D eigenvalue weighted by Gasteiger charge is 2.13. The summed E-state index contributed by atoms with van der Waals surface area (Å²) in [5.41, 5.74) is 1.54. The fraction of sp³-hybridized carbons (Fsp3) is 0.133. The van der Waals surface area contributed by atoms with Gasteiger partial charge in [0.2, 0.25) is 10.0 Å². The van der Waals surface area contributed by atoms with Crippen molar-refractivity contribution in [2.24, 2.45) is 5.14 Å². The average molecular weight is 355 g/mol. The number of primary sulfonamides is 1. The van der Waals surface area contributed by atoms with Crippen molar-refractivity contribution in [2.75, 3.05) is 12.4 Å². The molecule has 23 heavy (non-hydrogen) atoms. The highest BCUT2D eigenvalue weighted by atomic mass is 35.5. The molecular weight excluding hydrogens is 340 g/mol. The van der Waals surface area contributed by atoms with Crippen LogP contribution >= 0.6 is 11.6 Å². The van der Waals surface area contributed by atoms with Gasteiger partial charge in [-0.25, -0.2) is 13.6 Å². The molecular formula is C15H15ClN2O4S. The summed E-state index contributed by atoms with van der Waals surface area (Å²) in [5.74, 6) is 0.0149. The minimum Gasteiger partial charge on any atom is -0.495 e. The molecule has 6 nitrogen and oxygen atoms in total. The van der Waals surface area contributed by atoms with Crippen molar-refractivity contribution >= 4 is 33.2 Å². The molecule has 0 aromatic heterocycles. The Morgan fingerprint density at radius 2 is 1.83 bits per heavy atom. The molecule has 0 bridgehead atoms. The van der Waals surface area contributed by atoms with Gasteiger partial charge in [-0.2, -0.15) is 0 Å². The lowest BCUT2D eigenvalue weighted by Crippen LogP contribution is -2.15. The Balaban J connectivity index is 2.27. The number of benzene rings is 2. The van der Waals surface area contributed by atoms with Crippen molar-refractivity contribution in [3.05, 3.63) is 52.5 Å². The third-order valence-corrected chi connectivity index (χ3v) is 4.51. The van der Waals surface area contributed by atoms with Gasteiger partial charge in [0.25, 0.3) is 5.91 Å². The van der Waals surface area contributed by atoms with Crippen LogP contribution in [0, 0.1) is 6.92 Å². The molecule has 0 atom stereocenters. The van der Waals surface area contributed by atoms with Crippen LogP contribution in [0.5, 0.6) is 5.75 Å². The maximum absolute atomic E-state index is 12.3. The summed E-state index contributed by atoms with van der Waals surface area (Å²) in [6, 6.07) is 8.60. The zero-order valence-electron chi connectivity index (χ0n) is 12.5. The molecule has 0 aliphatic rings. The molecule has 2 aromatic rings. The van der Waals surface area contributed by atoms with E-state index in [1.54, 1.807) is 19.1 Å². The first kappa shape index (κ1) is 17.3. The van der Waals surface area contributed by atoms with Crippen LogP contribution in [-0.4, -0.2) is 21.4 Å². The van der Waals surface area contributed by atoms with Crippen molar-refractivity contribution in [3.8, 4) is 5.75 Å². The van der Waals surface area contributed by atoms with Gasteiger partial charge in [-0.05, 0) is 42.8 Å². The number of sulfonamides is 1. The van der Waals surface area contributed by atoms with Gasteiger partial charge in [-0.1, -0.05) is 11.6 Å². The molecule has 0 saturated carbocycles. The van der Waals surface area contributed by atoms with E-state index in [1.165, 1.54) is 31.4 Å². The molecule has 1 amide bonds. The Morgan fingerprint density at radius 1 is 1.22 bits per heavy atom. The van der Waals surface area contributed by atoms with Gasteiger partial charge >= 0.3 is 0 Å². The van der Waals surface area contributed by atoms with E-state index in [4.69, 9.17) is 21.5 Å². The first-order chi connectivity index (χ1) is 10.7. The molecule has 0 aliphatic heterocycles. The summed E-state index contributed by atoms with van der Waals surface area (Å²) in [5, 5.41) is 8.24. The van der Waals surface area contributed by atoms with Crippen molar-refractivity contribution in [1.29, 1.82) is 0 Å². The largest absolute Gasteiger partial charge is 0.495 e. The third kappa shape index (κ3) is 4.01. The molecule has 0 saturated heterocycles. The van der Waals surface area contributed by atoms with Gasteiger partial charge in [0.15, 0.2) is 0 Å². The van der Waals surface area contributed by atoms with E-state index in [-0.39, 0.29) is 10.5 Å². The molecule has 0 unspecified atom stereocenters. The predicted molar refractivity (Wildman–Crippen MR) is 88.5 cm³/mol. The van der Waals surface area contributed by atoms with Crippen LogP contribution < -0.4 is 15.2 Å². The SMILES string of the molecule is COc1cc(Cl)c(C)cc1NC(=O)c1ccc(S(N)(=O)=O)cc1. The predicted octanol–water partition coefficient (Wildman–Crippen LogP) is 2.56. The monoisotopic (exact) mass is 354 g/mol. The molecule has 0 spiro atoms. The topological polar surface area (TPSA) is 98.5 Å². The van der Waals surface area contributed by atoms with Crippen molar-refractivity contribution < 1.29 is 17.9 Å². The van der Waals surface area contributed by atoms with Gasteiger partial charge in [-0.15, -0.1) is 0 Å². The van der Waals surface area contributed by atoms with Gasteiger partial charge < -0.3 is 10.1 Å². The first-order valence-electron chi connectivity index (χ1n) is 6.50. The minimum absolute atomic E-state index is 0.0611. The summed E-state index contributed by atoms with van der Waals surface area (Å²) in [4.78, 5) is 12.2. The highest BCUT2D eigenvalue weighted by Crippen LogP contribution is 2.31. The van der Waals surface area contributed by atoms with E-state index in [9.17, 15) is 13.2 Å². The summed E-state index contributed by atoms with van der Waals surface area (Å²) in [6.07, 6.45) is 0. The second-order valence-electron chi connectivity index (χ2n) is 4.83. The van der Waals surface area contributed by atoms with Crippen LogP contribution in [0.2, 0.25) is 5.02 Å². The number of carbonyl (C=O) groups is 1. The second-order valence-corrected chi connectivity index (χ2v) is 6.79. The van der Waals surface area contributed by atoms with Gasteiger partial charge in [0.1, 0.15) is 5.75 Å². The Bertz CT molecular complexity index is 849. The number of hydrogen-bond acceptors (Lipinski definition) is 4. The number of nitrogens with one attached hydrogen (secondary N) is 1.